The number of likely N-dealkylation sites (tertiary alicyclic amines) is 1. The van der Waals surface area contributed by atoms with Crippen molar-refractivity contribution in [1.82, 2.24) is 9.47 Å². The van der Waals surface area contributed by atoms with Crippen molar-refractivity contribution in [1.29, 1.82) is 0 Å². The Bertz CT molecular complexity index is 414. The molecule has 0 spiro atoms. The number of hydrogen-bond donors (Lipinski definition) is 0. The van der Waals surface area contributed by atoms with Gasteiger partial charge in [-0.3, -0.25) is 4.79 Å². The van der Waals surface area contributed by atoms with Gasteiger partial charge in [0.05, 0.1) is 0 Å². The monoisotopic (exact) mass is 234 g/mol. The largest absolute Gasteiger partial charge is 0.354 e. The number of carbonyl (C=O) groups excluding carboxylic acids is 1. The third-order valence-corrected chi connectivity index (χ3v) is 3.88. The normalized spacial score (nSPS) is 15.6. The zero-order valence-corrected chi connectivity index (χ0v) is 11.1. The molecule has 2 heterocycles. The van der Waals surface area contributed by atoms with E-state index in [4.69, 9.17) is 0 Å². The van der Waals surface area contributed by atoms with E-state index in [9.17, 15) is 4.79 Å². The van der Waals surface area contributed by atoms with Crippen LogP contribution in [0.25, 0.3) is 0 Å². The van der Waals surface area contributed by atoms with Gasteiger partial charge >= 0.3 is 0 Å². The van der Waals surface area contributed by atoms with E-state index in [1.807, 2.05) is 4.90 Å². The summed E-state index contributed by atoms with van der Waals surface area (Å²) in [6.07, 6.45) is 6.04. The quantitative estimate of drug-likeness (QED) is 0.787. The Hall–Kier alpha value is -1.25. The molecule has 1 aromatic heterocycles. The molecule has 0 unspecified atom stereocenters. The molecule has 1 fully saturated rings. The van der Waals surface area contributed by atoms with Crippen LogP contribution in [0.5, 0.6) is 0 Å². The molecule has 0 aliphatic carbocycles. The van der Waals surface area contributed by atoms with Crippen molar-refractivity contribution in [2.24, 2.45) is 7.05 Å². The van der Waals surface area contributed by atoms with Crippen molar-refractivity contribution in [2.45, 2.75) is 39.5 Å². The molecule has 1 aromatic rings. The fourth-order valence-electron chi connectivity index (χ4n) is 2.70. The summed E-state index contributed by atoms with van der Waals surface area (Å²) in [5.74, 6) is 0.324. The average Bonchev–Trinajstić information content (AvgIpc) is 2.88. The molecule has 17 heavy (non-hydrogen) atoms. The van der Waals surface area contributed by atoms with Crippen LogP contribution in [0.2, 0.25) is 0 Å². The molecule has 0 aromatic carbocycles. The van der Waals surface area contributed by atoms with Crippen LogP contribution in [-0.2, 0) is 18.3 Å². The van der Waals surface area contributed by atoms with Crippen molar-refractivity contribution in [3.63, 3.8) is 0 Å². The van der Waals surface area contributed by atoms with Crippen LogP contribution < -0.4 is 0 Å². The van der Waals surface area contributed by atoms with Crippen molar-refractivity contribution >= 4 is 5.91 Å². The smallest absolute Gasteiger partial charge is 0.222 e. The van der Waals surface area contributed by atoms with Gasteiger partial charge in [0.1, 0.15) is 0 Å². The Labute approximate surface area is 103 Å². The number of aromatic nitrogens is 1. The van der Waals surface area contributed by atoms with Crippen LogP contribution in [0.15, 0.2) is 6.20 Å². The predicted octanol–water partition coefficient (Wildman–Crippen LogP) is 2.20. The van der Waals surface area contributed by atoms with Gasteiger partial charge in [-0.15, -0.1) is 0 Å². The first-order valence-corrected chi connectivity index (χ1v) is 6.48. The third-order valence-electron chi connectivity index (χ3n) is 3.88. The minimum Gasteiger partial charge on any atom is -0.354 e. The topological polar surface area (TPSA) is 25.2 Å². The summed E-state index contributed by atoms with van der Waals surface area (Å²) in [5.41, 5.74) is 3.94. The summed E-state index contributed by atoms with van der Waals surface area (Å²) in [7, 11) is 2.06. The van der Waals surface area contributed by atoms with E-state index in [2.05, 4.69) is 31.7 Å². The van der Waals surface area contributed by atoms with Crippen LogP contribution in [0.1, 0.15) is 36.1 Å². The van der Waals surface area contributed by atoms with E-state index in [1.54, 1.807) is 0 Å². The zero-order valence-electron chi connectivity index (χ0n) is 11.1. The summed E-state index contributed by atoms with van der Waals surface area (Å²) >= 11 is 0. The van der Waals surface area contributed by atoms with Crippen molar-refractivity contribution in [3.8, 4) is 0 Å². The molecule has 3 heteroatoms. The molecule has 2 rings (SSSR count). The van der Waals surface area contributed by atoms with Crippen molar-refractivity contribution < 1.29 is 4.79 Å². The highest BCUT2D eigenvalue weighted by molar-refractivity contribution is 5.76. The standard InChI is InChI=1S/C14H22N2O/c1-11-10-15(3)12(2)13(11)6-7-14(17)16-8-4-5-9-16/h10H,4-9H2,1-3H3. The van der Waals surface area contributed by atoms with Gasteiger partial charge in [0, 0.05) is 38.4 Å². The second-order valence-electron chi connectivity index (χ2n) is 5.07. The summed E-state index contributed by atoms with van der Waals surface area (Å²) < 4.78 is 2.14. The minimum atomic E-state index is 0.324. The molecular weight excluding hydrogens is 212 g/mol. The zero-order chi connectivity index (χ0) is 12.4. The molecule has 0 bridgehead atoms. The van der Waals surface area contributed by atoms with Gasteiger partial charge in [-0.1, -0.05) is 0 Å². The minimum absolute atomic E-state index is 0.324. The van der Waals surface area contributed by atoms with Gasteiger partial charge in [0.2, 0.25) is 5.91 Å². The Morgan fingerprint density at radius 3 is 2.47 bits per heavy atom. The number of rotatable bonds is 3. The summed E-state index contributed by atoms with van der Waals surface area (Å²) in [6, 6.07) is 0. The lowest BCUT2D eigenvalue weighted by atomic mass is 10.1. The highest BCUT2D eigenvalue weighted by Gasteiger charge is 2.18. The first-order valence-electron chi connectivity index (χ1n) is 6.48. The Morgan fingerprint density at radius 1 is 1.29 bits per heavy atom. The van der Waals surface area contributed by atoms with E-state index in [0.717, 1.165) is 19.5 Å². The lowest BCUT2D eigenvalue weighted by Crippen LogP contribution is -2.27. The molecule has 0 radical (unpaired) electrons. The first-order chi connectivity index (χ1) is 8.09. The molecule has 1 amide bonds. The van der Waals surface area contributed by atoms with Gasteiger partial charge in [-0.05, 0) is 44.2 Å². The number of carbonyl (C=O) groups is 1. The highest BCUT2D eigenvalue weighted by Crippen LogP contribution is 2.18. The van der Waals surface area contributed by atoms with E-state index in [-0.39, 0.29) is 0 Å². The van der Waals surface area contributed by atoms with E-state index >= 15 is 0 Å². The third kappa shape index (κ3) is 2.54. The predicted molar refractivity (Wildman–Crippen MR) is 69.0 cm³/mol. The number of hydrogen-bond acceptors (Lipinski definition) is 1. The van der Waals surface area contributed by atoms with Crippen molar-refractivity contribution in [2.75, 3.05) is 13.1 Å². The molecule has 0 N–H and O–H groups in total. The lowest BCUT2D eigenvalue weighted by Gasteiger charge is -2.15. The molecule has 94 valence electrons. The van der Waals surface area contributed by atoms with Crippen LogP contribution in [0.3, 0.4) is 0 Å². The summed E-state index contributed by atoms with van der Waals surface area (Å²) in [5, 5.41) is 0. The molecule has 1 aliphatic rings. The van der Waals surface area contributed by atoms with E-state index in [1.165, 1.54) is 29.7 Å². The Morgan fingerprint density at radius 2 is 1.94 bits per heavy atom. The number of aryl methyl sites for hydroxylation is 2. The maximum absolute atomic E-state index is 12.0. The highest BCUT2D eigenvalue weighted by atomic mass is 16.2. The Balaban J connectivity index is 1.95. The average molecular weight is 234 g/mol. The molecular formula is C14H22N2O. The molecule has 3 nitrogen and oxygen atoms in total. The van der Waals surface area contributed by atoms with E-state index < -0.39 is 0 Å². The second kappa shape index (κ2) is 4.94. The molecule has 1 saturated heterocycles. The van der Waals surface area contributed by atoms with Gasteiger partial charge in [-0.25, -0.2) is 0 Å². The summed E-state index contributed by atoms with van der Waals surface area (Å²) in [4.78, 5) is 14.0. The maximum Gasteiger partial charge on any atom is 0.222 e. The van der Waals surface area contributed by atoms with Crippen LogP contribution >= 0.6 is 0 Å². The SMILES string of the molecule is Cc1cn(C)c(C)c1CCC(=O)N1CCCC1. The number of amides is 1. The lowest BCUT2D eigenvalue weighted by molar-refractivity contribution is -0.130. The van der Waals surface area contributed by atoms with Gasteiger partial charge in [0.15, 0.2) is 0 Å². The Kier molecular flexibility index (Phi) is 3.55. The number of nitrogens with zero attached hydrogens (tertiary/aromatic N) is 2. The molecule has 0 saturated carbocycles. The van der Waals surface area contributed by atoms with Crippen molar-refractivity contribution in [3.05, 3.63) is 23.0 Å². The van der Waals surface area contributed by atoms with Gasteiger partial charge in [0.25, 0.3) is 0 Å². The fraction of sp³-hybridized carbons (Fsp3) is 0.643. The maximum atomic E-state index is 12.0. The summed E-state index contributed by atoms with van der Waals surface area (Å²) in [6.45, 7) is 6.18. The molecule has 0 atom stereocenters. The van der Waals surface area contributed by atoms with Crippen LogP contribution in [-0.4, -0.2) is 28.5 Å². The molecule has 1 aliphatic heterocycles. The van der Waals surface area contributed by atoms with Gasteiger partial charge < -0.3 is 9.47 Å². The van der Waals surface area contributed by atoms with E-state index in [0.29, 0.717) is 12.3 Å². The van der Waals surface area contributed by atoms with Gasteiger partial charge in [-0.2, -0.15) is 0 Å². The first kappa shape index (κ1) is 12.2. The van der Waals surface area contributed by atoms with Crippen LogP contribution in [0, 0.1) is 13.8 Å². The van der Waals surface area contributed by atoms with Crippen LogP contribution in [0.4, 0.5) is 0 Å². The fourth-order valence-corrected chi connectivity index (χ4v) is 2.70. The second-order valence-corrected chi connectivity index (χ2v) is 5.07.